The molecule has 0 bridgehead atoms. The lowest BCUT2D eigenvalue weighted by molar-refractivity contribution is 0.305. The topological polar surface area (TPSA) is 106 Å². The predicted molar refractivity (Wildman–Crippen MR) is 93.5 cm³/mol. The standard InChI is InChI=1S/C17H20N6O/c18-15-21-16(19)23(17(22-15)8-4-1-5-9-17)13-7-3-2-6-12(13)14-10-20-11-24-14/h2-3,6-7,10-11H,1,4-5,8-9H2,(H4,18,19,21,22). The first-order chi connectivity index (χ1) is 11.7. The largest absolute Gasteiger partial charge is 0.443 e. The lowest BCUT2D eigenvalue weighted by Crippen LogP contribution is -2.58. The maximum Gasteiger partial charge on any atom is 0.220 e. The van der Waals surface area contributed by atoms with Gasteiger partial charge >= 0.3 is 0 Å². The van der Waals surface area contributed by atoms with Crippen LogP contribution in [-0.4, -0.2) is 22.6 Å². The summed E-state index contributed by atoms with van der Waals surface area (Å²) in [6.45, 7) is 0. The fraction of sp³-hybridized carbons (Fsp3) is 0.353. The Hall–Kier alpha value is -2.83. The minimum atomic E-state index is -0.468. The summed E-state index contributed by atoms with van der Waals surface area (Å²) in [5.41, 5.74) is 13.6. The Morgan fingerprint density at radius 3 is 2.62 bits per heavy atom. The second kappa shape index (κ2) is 5.67. The molecule has 1 saturated carbocycles. The number of aliphatic imine (C=N–C) groups is 2. The lowest BCUT2D eigenvalue weighted by atomic mass is 9.87. The zero-order chi connectivity index (χ0) is 16.6. The molecule has 1 aromatic carbocycles. The predicted octanol–water partition coefficient (Wildman–Crippen LogP) is 2.45. The van der Waals surface area contributed by atoms with Gasteiger partial charge in [0.05, 0.1) is 11.9 Å². The first kappa shape index (κ1) is 14.7. The SMILES string of the molecule is NC1=NC2(CCCCC2)N(c2ccccc2-c2cnco2)C(N)=N1. The van der Waals surface area contributed by atoms with E-state index in [0.29, 0.717) is 11.7 Å². The van der Waals surface area contributed by atoms with Gasteiger partial charge in [0.2, 0.25) is 11.9 Å². The molecule has 0 radical (unpaired) electrons. The Kier molecular flexibility index (Phi) is 3.48. The second-order valence-electron chi connectivity index (χ2n) is 6.20. The van der Waals surface area contributed by atoms with Crippen LogP contribution in [0.2, 0.25) is 0 Å². The third-order valence-corrected chi connectivity index (χ3v) is 4.69. The van der Waals surface area contributed by atoms with E-state index in [1.807, 2.05) is 29.2 Å². The van der Waals surface area contributed by atoms with Gasteiger partial charge in [0, 0.05) is 5.56 Å². The number of para-hydroxylation sites is 1. The number of rotatable bonds is 2. The Morgan fingerprint density at radius 1 is 1.08 bits per heavy atom. The summed E-state index contributed by atoms with van der Waals surface area (Å²) in [6.07, 6.45) is 8.29. The van der Waals surface area contributed by atoms with Crippen molar-refractivity contribution in [3.63, 3.8) is 0 Å². The Morgan fingerprint density at radius 2 is 1.88 bits per heavy atom. The van der Waals surface area contributed by atoms with Gasteiger partial charge in [-0.1, -0.05) is 18.6 Å². The summed E-state index contributed by atoms with van der Waals surface area (Å²) in [5, 5.41) is 0. The van der Waals surface area contributed by atoms with Gasteiger partial charge in [0.1, 0.15) is 5.66 Å². The average molecular weight is 324 g/mol. The normalized spacial score (nSPS) is 19.9. The number of nitrogens with two attached hydrogens (primary N) is 2. The van der Waals surface area contributed by atoms with Crippen molar-refractivity contribution >= 4 is 17.6 Å². The summed E-state index contributed by atoms with van der Waals surface area (Å²) in [6, 6.07) is 7.93. The van der Waals surface area contributed by atoms with Crippen LogP contribution in [0, 0.1) is 0 Å². The quantitative estimate of drug-likeness (QED) is 0.882. The first-order valence-corrected chi connectivity index (χ1v) is 8.17. The number of nitrogens with zero attached hydrogens (tertiary/aromatic N) is 4. The van der Waals surface area contributed by atoms with E-state index in [4.69, 9.17) is 20.9 Å². The van der Waals surface area contributed by atoms with E-state index in [-0.39, 0.29) is 5.96 Å². The van der Waals surface area contributed by atoms with Crippen molar-refractivity contribution in [2.75, 3.05) is 4.90 Å². The molecule has 0 atom stereocenters. The van der Waals surface area contributed by atoms with Crippen LogP contribution in [0.3, 0.4) is 0 Å². The van der Waals surface area contributed by atoms with E-state index in [2.05, 4.69) is 9.98 Å². The molecule has 1 spiro atoms. The molecule has 124 valence electrons. The summed E-state index contributed by atoms with van der Waals surface area (Å²) in [5.74, 6) is 1.31. The lowest BCUT2D eigenvalue weighted by Gasteiger charge is -2.46. The van der Waals surface area contributed by atoms with E-state index in [9.17, 15) is 0 Å². The molecule has 4 N–H and O–H groups in total. The molecular weight excluding hydrogens is 304 g/mol. The molecule has 0 unspecified atom stereocenters. The van der Waals surface area contributed by atoms with Crippen molar-refractivity contribution in [2.45, 2.75) is 37.8 Å². The van der Waals surface area contributed by atoms with Gasteiger partial charge in [-0.2, -0.15) is 4.99 Å². The highest BCUT2D eigenvalue weighted by molar-refractivity contribution is 6.07. The number of hydrogen-bond donors (Lipinski definition) is 2. The molecule has 1 aliphatic carbocycles. The number of oxazole rings is 1. The molecule has 0 amide bonds. The maximum absolute atomic E-state index is 6.30. The highest BCUT2D eigenvalue weighted by Gasteiger charge is 2.43. The molecule has 1 fully saturated rings. The van der Waals surface area contributed by atoms with Crippen molar-refractivity contribution in [1.29, 1.82) is 0 Å². The Balaban J connectivity index is 1.87. The van der Waals surface area contributed by atoms with Crippen molar-refractivity contribution < 1.29 is 4.42 Å². The van der Waals surface area contributed by atoms with Crippen LogP contribution in [0.4, 0.5) is 5.69 Å². The van der Waals surface area contributed by atoms with Crippen molar-refractivity contribution in [2.24, 2.45) is 21.5 Å². The number of anilines is 1. The minimum absolute atomic E-state index is 0.253. The first-order valence-electron chi connectivity index (χ1n) is 8.17. The monoisotopic (exact) mass is 324 g/mol. The van der Waals surface area contributed by atoms with E-state index in [0.717, 1.165) is 36.9 Å². The molecule has 2 aromatic rings. The van der Waals surface area contributed by atoms with Crippen molar-refractivity contribution in [1.82, 2.24) is 4.98 Å². The molecule has 2 heterocycles. The number of hydrogen-bond acceptors (Lipinski definition) is 7. The van der Waals surface area contributed by atoms with Crippen molar-refractivity contribution in [3.8, 4) is 11.3 Å². The summed E-state index contributed by atoms with van der Waals surface area (Å²) in [7, 11) is 0. The van der Waals surface area contributed by atoms with Crippen LogP contribution in [-0.2, 0) is 0 Å². The zero-order valence-electron chi connectivity index (χ0n) is 13.4. The van der Waals surface area contributed by atoms with Crippen LogP contribution in [0.25, 0.3) is 11.3 Å². The summed E-state index contributed by atoms with van der Waals surface area (Å²) >= 11 is 0. The smallest absolute Gasteiger partial charge is 0.220 e. The van der Waals surface area contributed by atoms with Gasteiger partial charge in [-0.3, -0.25) is 4.90 Å². The van der Waals surface area contributed by atoms with Crippen LogP contribution in [0.15, 0.2) is 51.3 Å². The molecule has 4 rings (SSSR count). The third kappa shape index (κ3) is 2.33. The van der Waals surface area contributed by atoms with Gasteiger partial charge < -0.3 is 15.9 Å². The molecule has 1 aliphatic heterocycles. The molecule has 24 heavy (non-hydrogen) atoms. The van der Waals surface area contributed by atoms with Gasteiger partial charge in [-0.25, -0.2) is 9.98 Å². The average Bonchev–Trinajstić information content (AvgIpc) is 3.09. The van der Waals surface area contributed by atoms with Crippen LogP contribution in [0.1, 0.15) is 32.1 Å². The van der Waals surface area contributed by atoms with E-state index >= 15 is 0 Å². The van der Waals surface area contributed by atoms with Crippen LogP contribution in [0.5, 0.6) is 0 Å². The van der Waals surface area contributed by atoms with E-state index in [1.165, 1.54) is 12.8 Å². The molecule has 7 nitrogen and oxygen atoms in total. The number of benzene rings is 1. The van der Waals surface area contributed by atoms with Crippen molar-refractivity contribution in [3.05, 3.63) is 36.9 Å². The zero-order valence-corrected chi connectivity index (χ0v) is 13.4. The summed E-state index contributed by atoms with van der Waals surface area (Å²) in [4.78, 5) is 15.0. The summed E-state index contributed by atoms with van der Waals surface area (Å²) < 4.78 is 5.50. The molecule has 1 aromatic heterocycles. The van der Waals surface area contributed by atoms with Gasteiger partial charge in [-0.15, -0.1) is 0 Å². The van der Waals surface area contributed by atoms with E-state index in [1.54, 1.807) is 6.20 Å². The second-order valence-corrected chi connectivity index (χ2v) is 6.20. The Labute approximate surface area is 140 Å². The number of aromatic nitrogens is 1. The van der Waals surface area contributed by atoms with Crippen LogP contribution < -0.4 is 16.4 Å². The van der Waals surface area contributed by atoms with Gasteiger partial charge in [0.15, 0.2) is 12.2 Å². The maximum atomic E-state index is 6.30. The van der Waals surface area contributed by atoms with Crippen LogP contribution >= 0.6 is 0 Å². The van der Waals surface area contributed by atoms with Gasteiger partial charge in [-0.05, 0) is 37.8 Å². The highest BCUT2D eigenvalue weighted by atomic mass is 16.3. The Bertz CT molecular complexity index is 789. The molecule has 2 aliphatic rings. The van der Waals surface area contributed by atoms with Gasteiger partial charge in [0.25, 0.3) is 0 Å². The van der Waals surface area contributed by atoms with E-state index < -0.39 is 5.66 Å². The number of guanidine groups is 2. The molecular formula is C17H20N6O. The fourth-order valence-electron chi connectivity index (χ4n) is 3.70. The molecule has 7 heteroatoms. The highest BCUT2D eigenvalue weighted by Crippen LogP contribution is 2.42. The fourth-order valence-corrected chi connectivity index (χ4v) is 3.70. The molecule has 0 saturated heterocycles. The third-order valence-electron chi connectivity index (χ3n) is 4.69. The minimum Gasteiger partial charge on any atom is -0.443 e.